The molecule has 0 saturated heterocycles. The van der Waals surface area contributed by atoms with E-state index in [-0.39, 0.29) is 12.4 Å². The molecule has 1 heterocycles. The summed E-state index contributed by atoms with van der Waals surface area (Å²) in [6.07, 6.45) is 0. The predicted molar refractivity (Wildman–Crippen MR) is 102 cm³/mol. The number of hydrogen-bond acceptors (Lipinski definition) is 2. The van der Waals surface area contributed by atoms with Crippen LogP contribution in [0, 0.1) is 13.8 Å². The van der Waals surface area contributed by atoms with Crippen molar-refractivity contribution in [2.75, 3.05) is 6.61 Å². The van der Waals surface area contributed by atoms with Gasteiger partial charge in [-0.25, -0.2) is 0 Å². The van der Waals surface area contributed by atoms with Crippen LogP contribution in [-0.4, -0.2) is 17.0 Å². The highest BCUT2D eigenvalue weighted by atomic mass is 35.5. The maximum atomic E-state index is 12.4. The van der Waals surface area contributed by atoms with Gasteiger partial charge in [-0.2, -0.15) is 0 Å². The van der Waals surface area contributed by atoms with E-state index in [0.717, 1.165) is 22.5 Å². The van der Waals surface area contributed by atoms with E-state index in [0.29, 0.717) is 16.3 Å². The summed E-state index contributed by atoms with van der Waals surface area (Å²) in [6, 6.07) is 17.5. The first-order valence-corrected chi connectivity index (χ1v) is 8.49. The molecule has 3 nitrogen and oxygen atoms in total. The summed E-state index contributed by atoms with van der Waals surface area (Å²) < 4.78 is 7.65. The molecule has 4 heteroatoms. The van der Waals surface area contributed by atoms with Gasteiger partial charge in [0.05, 0.1) is 5.02 Å². The quantitative estimate of drug-likeness (QED) is 0.588. The number of aryl methyl sites for hydroxylation is 1. The molecule has 3 rings (SSSR count). The summed E-state index contributed by atoms with van der Waals surface area (Å²) in [5.74, 6) is 0.462. The fourth-order valence-electron chi connectivity index (χ4n) is 2.79. The van der Waals surface area contributed by atoms with E-state index in [1.807, 2.05) is 74.0 Å². The molecule has 0 spiro atoms. The Morgan fingerprint density at radius 2 is 1.76 bits per heavy atom. The molecule has 0 atom stereocenters. The average molecular weight is 354 g/mol. The van der Waals surface area contributed by atoms with Gasteiger partial charge in [-0.1, -0.05) is 48.0 Å². The SMILES string of the molecule is Cc1cc(C(=O)COc2ccc(-c3ccccc3)cc2Cl)c(C)n1C. The van der Waals surface area contributed by atoms with Crippen molar-refractivity contribution >= 4 is 17.4 Å². The average Bonchev–Trinajstić information content (AvgIpc) is 2.88. The number of aromatic nitrogens is 1. The largest absolute Gasteiger partial charge is 0.484 e. The maximum absolute atomic E-state index is 12.4. The van der Waals surface area contributed by atoms with E-state index in [9.17, 15) is 4.79 Å². The van der Waals surface area contributed by atoms with Gasteiger partial charge in [0.2, 0.25) is 5.78 Å². The van der Waals surface area contributed by atoms with Gasteiger partial charge in [-0.3, -0.25) is 4.79 Å². The zero-order valence-corrected chi connectivity index (χ0v) is 15.3. The Labute approximate surface area is 152 Å². The second kappa shape index (κ2) is 7.16. The van der Waals surface area contributed by atoms with Crippen LogP contribution in [0.3, 0.4) is 0 Å². The number of carbonyl (C=O) groups excluding carboxylic acids is 1. The first kappa shape index (κ1) is 17.3. The zero-order valence-electron chi connectivity index (χ0n) is 14.5. The second-order valence-electron chi connectivity index (χ2n) is 6.07. The molecule has 0 bridgehead atoms. The van der Waals surface area contributed by atoms with Crippen molar-refractivity contribution in [2.24, 2.45) is 7.05 Å². The second-order valence-corrected chi connectivity index (χ2v) is 6.47. The Bertz CT molecular complexity index is 913. The molecule has 0 fully saturated rings. The number of ketones is 1. The molecule has 128 valence electrons. The van der Waals surface area contributed by atoms with Crippen LogP contribution in [-0.2, 0) is 7.05 Å². The third-order valence-electron chi connectivity index (χ3n) is 4.47. The summed E-state index contributed by atoms with van der Waals surface area (Å²) in [7, 11) is 1.95. The van der Waals surface area contributed by atoms with Crippen molar-refractivity contribution in [3.05, 3.63) is 76.6 Å². The third kappa shape index (κ3) is 3.62. The predicted octanol–water partition coefficient (Wildman–Crippen LogP) is 5.22. The lowest BCUT2D eigenvalue weighted by Crippen LogP contribution is -2.12. The van der Waals surface area contributed by atoms with E-state index in [2.05, 4.69) is 0 Å². The summed E-state index contributed by atoms with van der Waals surface area (Å²) in [4.78, 5) is 12.4. The minimum atomic E-state index is -0.0515. The van der Waals surface area contributed by atoms with Crippen LogP contribution >= 0.6 is 11.6 Å². The molecule has 25 heavy (non-hydrogen) atoms. The molecule has 1 aromatic heterocycles. The van der Waals surface area contributed by atoms with E-state index in [1.54, 1.807) is 6.07 Å². The number of Topliss-reactive ketones (excluding diaryl/α,β-unsaturated/α-hetero) is 1. The van der Waals surface area contributed by atoms with Gasteiger partial charge < -0.3 is 9.30 Å². The number of benzene rings is 2. The molecule has 0 aliphatic rings. The maximum Gasteiger partial charge on any atom is 0.202 e. The molecule has 0 unspecified atom stereocenters. The fourth-order valence-corrected chi connectivity index (χ4v) is 3.02. The number of carbonyl (C=O) groups is 1. The lowest BCUT2D eigenvalue weighted by atomic mass is 10.1. The molecule has 0 saturated carbocycles. The van der Waals surface area contributed by atoms with E-state index in [4.69, 9.17) is 16.3 Å². The highest BCUT2D eigenvalue weighted by Crippen LogP contribution is 2.30. The monoisotopic (exact) mass is 353 g/mol. The molecule has 3 aromatic rings. The van der Waals surface area contributed by atoms with Gasteiger partial charge in [-0.15, -0.1) is 0 Å². The topological polar surface area (TPSA) is 31.2 Å². The van der Waals surface area contributed by atoms with Crippen LogP contribution in [0.4, 0.5) is 0 Å². The number of rotatable bonds is 5. The van der Waals surface area contributed by atoms with Crippen molar-refractivity contribution in [1.82, 2.24) is 4.57 Å². The van der Waals surface area contributed by atoms with Crippen molar-refractivity contribution < 1.29 is 9.53 Å². The number of hydrogen-bond donors (Lipinski definition) is 0. The Balaban J connectivity index is 1.73. The van der Waals surface area contributed by atoms with Crippen LogP contribution in [0.5, 0.6) is 5.75 Å². The summed E-state index contributed by atoms with van der Waals surface area (Å²) >= 11 is 6.33. The van der Waals surface area contributed by atoms with Crippen LogP contribution in [0.15, 0.2) is 54.6 Å². The number of nitrogens with zero attached hydrogens (tertiary/aromatic N) is 1. The number of ether oxygens (including phenoxy) is 1. The van der Waals surface area contributed by atoms with Gasteiger partial charge in [0.1, 0.15) is 5.75 Å². The van der Waals surface area contributed by atoms with Crippen molar-refractivity contribution in [3.8, 4) is 16.9 Å². The van der Waals surface area contributed by atoms with Gasteiger partial charge in [0.15, 0.2) is 6.61 Å². The fraction of sp³-hybridized carbons (Fsp3) is 0.190. The van der Waals surface area contributed by atoms with Gasteiger partial charge >= 0.3 is 0 Å². The number of halogens is 1. The lowest BCUT2D eigenvalue weighted by molar-refractivity contribution is 0.0921. The highest BCUT2D eigenvalue weighted by molar-refractivity contribution is 6.32. The normalized spacial score (nSPS) is 10.7. The van der Waals surface area contributed by atoms with Crippen molar-refractivity contribution in [3.63, 3.8) is 0 Å². The smallest absolute Gasteiger partial charge is 0.202 e. The minimum Gasteiger partial charge on any atom is -0.484 e. The van der Waals surface area contributed by atoms with Crippen LogP contribution in [0.1, 0.15) is 21.7 Å². The summed E-state index contributed by atoms with van der Waals surface area (Å²) in [5.41, 5.74) is 4.78. The Hall–Kier alpha value is -2.52. The van der Waals surface area contributed by atoms with Gasteiger partial charge in [-0.05, 0) is 43.2 Å². The van der Waals surface area contributed by atoms with Crippen molar-refractivity contribution in [2.45, 2.75) is 13.8 Å². The Kier molecular flexibility index (Phi) is 4.95. The molecule has 0 aliphatic carbocycles. The van der Waals surface area contributed by atoms with Gasteiger partial charge in [0, 0.05) is 24.0 Å². The first-order valence-electron chi connectivity index (χ1n) is 8.11. The molecular weight excluding hydrogens is 334 g/mol. The molecule has 0 amide bonds. The highest BCUT2D eigenvalue weighted by Gasteiger charge is 2.15. The summed E-state index contributed by atoms with van der Waals surface area (Å²) in [5, 5.41) is 0.495. The van der Waals surface area contributed by atoms with E-state index in [1.165, 1.54) is 0 Å². The third-order valence-corrected chi connectivity index (χ3v) is 4.77. The van der Waals surface area contributed by atoms with Gasteiger partial charge in [0.25, 0.3) is 0 Å². The molecule has 0 aliphatic heterocycles. The van der Waals surface area contributed by atoms with Crippen LogP contribution in [0.25, 0.3) is 11.1 Å². The minimum absolute atomic E-state index is 0.0330. The lowest BCUT2D eigenvalue weighted by Gasteiger charge is -2.09. The van der Waals surface area contributed by atoms with Crippen LogP contribution < -0.4 is 4.74 Å². The Morgan fingerprint density at radius 1 is 1.04 bits per heavy atom. The van der Waals surface area contributed by atoms with Crippen LogP contribution in [0.2, 0.25) is 5.02 Å². The standard InChI is InChI=1S/C21H20ClNO2/c1-14-11-18(15(2)23(14)3)20(24)13-25-21-10-9-17(12-19(21)22)16-7-5-4-6-8-16/h4-12H,13H2,1-3H3. The van der Waals surface area contributed by atoms with Crippen molar-refractivity contribution in [1.29, 1.82) is 0 Å². The molecule has 0 N–H and O–H groups in total. The molecular formula is C21H20ClNO2. The Morgan fingerprint density at radius 3 is 2.36 bits per heavy atom. The van der Waals surface area contributed by atoms with E-state index < -0.39 is 0 Å². The first-order chi connectivity index (χ1) is 12.0. The summed E-state index contributed by atoms with van der Waals surface area (Å²) in [6.45, 7) is 3.88. The zero-order chi connectivity index (χ0) is 18.0. The molecule has 0 radical (unpaired) electrons. The molecule has 2 aromatic carbocycles. The van der Waals surface area contributed by atoms with E-state index >= 15 is 0 Å².